The fourth-order valence-corrected chi connectivity index (χ4v) is 2.54. The number of anilines is 1. The second kappa shape index (κ2) is 4.96. The van der Waals surface area contributed by atoms with E-state index in [0.29, 0.717) is 0 Å². The van der Waals surface area contributed by atoms with Gasteiger partial charge in [0.2, 0.25) is 0 Å². The van der Waals surface area contributed by atoms with E-state index in [1.807, 2.05) is 25.1 Å². The molecule has 0 amide bonds. The highest BCUT2D eigenvalue weighted by Crippen LogP contribution is 2.29. The Hall–Kier alpha value is -1.22. The van der Waals surface area contributed by atoms with Gasteiger partial charge < -0.3 is 9.64 Å². The molecule has 0 radical (unpaired) electrons. The topological polar surface area (TPSA) is 29.5 Å². The van der Waals surface area contributed by atoms with Crippen LogP contribution in [0.15, 0.2) is 18.2 Å². The van der Waals surface area contributed by atoms with E-state index in [-0.39, 0.29) is 11.9 Å². The molecule has 3 nitrogen and oxygen atoms in total. The van der Waals surface area contributed by atoms with Crippen molar-refractivity contribution in [2.45, 2.75) is 13.3 Å². The van der Waals surface area contributed by atoms with Crippen molar-refractivity contribution in [2.24, 2.45) is 5.92 Å². The number of carbonyl (C=O) groups is 1. The molecule has 92 valence electrons. The first-order valence-corrected chi connectivity index (χ1v) is 6.08. The van der Waals surface area contributed by atoms with Gasteiger partial charge in [-0.1, -0.05) is 11.6 Å². The number of benzene rings is 1. The van der Waals surface area contributed by atoms with Gasteiger partial charge in [-0.25, -0.2) is 0 Å². The molecule has 1 fully saturated rings. The molecule has 17 heavy (non-hydrogen) atoms. The van der Waals surface area contributed by atoms with Crippen LogP contribution in [0.5, 0.6) is 0 Å². The smallest absolute Gasteiger partial charge is 0.310 e. The van der Waals surface area contributed by atoms with Crippen molar-refractivity contribution in [3.63, 3.8) is 0 Å². The molecule has 1 atom stereocenters. The molecule has 1 aliphatic rings. The highest BCUT2D eigenvalue weighted by molar-refractivity contribution is 6.30. The van der Waals surface area contributed by atoms with E-state index >= 15 is 0 Å². The minimum atomic E-state index is -0.112. The van der Waals surface area contributed by atoms with E-state index in [0.717, 1.165) is 35.8 Å². The lowest BCUT2D eigenvalue weighted by Crippen LogP contribution is -2.24. The maximum absolute atomic E-state index is 11.5. The van der Waals surface area contributed by atoms with Crippen molar-refractivity contribution < 1.29 is 9.53 Å². The van der Waals surface area contributed by atoms with E-state index in [2.05, 4.69) is 4.90 Å². The summed E-state index contributed by atoms with van der Waals surface area (Å²) in [5, 5.41) is 0.745. The molecule has 1 aromatic carbocycles. The van der Waals surface area contributed by atoms with Crippen LogP contribution in [0.2, 0.25) is 5.02 Å². The fourth-order valence-electron chi connectivity index (χ4n) is 2.31. The minimum absolute atomic E-state index is 0.00456. The number of ether oxygens (including phenoxy) is 1. The zero-order chi connectivity index (χ0) is 12.4. The van der Waals surface area contributed by atoms with Crippen molar-refractivity contribution in [3.05, 3.63) is 28.8 Å². The summed E-state index contributed by atoms with van der Waals surface area (Å²) in [7, 11) is 1.44. The predicted octanol–water partition coefficient (Wildman–Crippen LogP) is 2.65. The molecule has 0 spiro atoms. The molecule has 0 bridgehead atoms. The maximum Gasteiger partial charge on any atom is 0.310 e. The maximum atomic E-state index is 11.5. The Morgan fingerprint density at radius 3 is 2.94 bits per heavy atom. The molecule has 1 heterocycles. The third-order valence-electron chi connectivity index (χ3n) is 3.22. The number of nitrogens with zero attached hydrogens (tertiary/aromatic N) is 1. The molecular formula is C13H16ClNO2. The molecule has 0 N–H and O–H groups in total. The van der Waals surface area contributed by atoms with Crippen molar-refractivity contribution >= 4 is 23.3 Å². The summed E-state index contributed by atoms with van der Waals surface area (Å²) < 4.78 is 4.78. The molecule has 1 unspecified atom stereocenters. The van der Waals surface area contributed by atoms with Crippen molar-refractivity contribution in [2.75, 3.05) is 25.1 Å². The number of methoxy groups -OCH3 is 1. The highest BCUT2D eigenvalue weighted by atomic mass is 35.5. The Morgan fingerprint density at radius 1 is 1.53 bits per heavy atom. The molecule has 1 aliphatic heterocycles. The SMILES string of the molecule is COC(=O)C1CCN(c2ccc(Cl)cc2C)C1. The number of halogens is 1. The molecule has 0 aromatic heterocycles. The molecule has 2 rings (SSSR count). The molecule has 1 aromatic rings. The van der Waals surface area contributed by atoms with Gasteiger partial charge in [-0.05, 0) is 37.1 Å². The van der Waals surface area contributed by atoms with E-state index < -0.39 is 0 Å². The monoisotopic (exact) mass is 253 g/mol. The Labute approximate surface area is 106 Å². The third-order valence-corrected chi connectivity index (χ3v) is 3.46. The van der Waals surface area contributed by atoms with Crippen LogP contribution in [-0.4, -0.2) is 26.2 Å². The van der Waals surface area contributed by atoms with Gasteiger partial charge in [-0.2, -0.15) is 0 Å². The molecule has 4 heteroatoms. The van der Waals surface area contributed by atoms with Crippen molar-refractivity contribution in [1.29, 1.82) is 0 Å². The summed E-state index contributed by atoms with van der Waals surface area (Å²) in [5.74, 6) is -0.116. The van der Waals surface area contributed by atoms with Gasteiger partial charge in [0.25, 0.3) is 0 Å². The number of carbonyl (C=O) groups excluding carboxylic acids is 1. The highest BCUT2D eigenvalue weighted by Gasteiger charge is 2.29. The number of aryl methyl sites for hydroxylation is 1. The second-order valence-corrected chi connectivity index (χ2v) is 4.82. The van der Waals surface area contributed by atoms with Crippen LogP contribution < -0.4 is 4.90 Å². The summed E-state index contributed by atoms with van der Waals surface area (Å²) in [6.45, 7) is 3.66. The van der Waals surface area contributed by atoms with Crippen LogP contribution in [0.1, 0.15) is 12.0 Å². The van der Waals surface area contributed by atoms with E-state index in [4.69, 9.17) is 16.3 Å². The Bertz CT molecular complexity index is 433. The lowest BCUT2D eigenvalue weighted by atomic mass is 10.1. The average molecular weight is 254 g/mol. The van der Waals surface area contributed by atoms with Gasteiger partial charge in [0.05, 0.1) is 13.0 Å². The largest absolute Gasteiger partial charge is 0.469 e. The van der Waals surface area contributed by atoms with Gasteiger partial charge >= 0.3 is 5.97 Å². The number of hydrogen-bond donors (Lipinski definition) is 0. The lowest BCUT2D eigenvalue weighted by Gasteiger charge is -2.20. The Balaban J connectivity index is 2.12. The lowest BCUT2D eigenvalue weighted by molar-refractivity contribution is -0.144. The van der Waals surface area contributed by atoms with E-state index in [9.17, 15) is 4.79 Å². The van der Waals surface area contributed by atoms with Crippen LogP contribution in [0, 0.1) is 12.8 Å². The van der Waals surface area contributed by atoms with Crippen LogP contribution >= 0.6 is 11.6 Å². The normalized spacial score (nSPS) is 19.5. The Morgan fingerprint density at radius 2 is 2.29 bits per heavy atom. The van der Waals surface area contributed by atoms with E-state index in [1.54, 1.807) is 0 Å². The van der Waals surface area contributed by atoms with Crippen LogP contribution in [-0.2, 0) is 9.53 Å². The summed E-state index contributed by atoms with van der Waals surface area (Å²) in [6, 6.07) is 5.84. The predicted molar refractivity (Wildman–Crippen MR) is 68.5 cm³/mol. The first-order chi connectivity index (χ1) is 8.11. The number of rotatable bonds is 2. The van der Waals surface area contributed by atoms with E-state index in [1.165, 1.54) is 7.11 Å². The summed E-state index contributed by atoms with van der Waals surface area (Å²) in [4.78, 5) is 13.7. The summed E-state index contributed by atoms with van der Waals surface area (Å²) in [5.41, 5.74) is 2.30. The van der Waals surface area contributed by atoms with Gasteiger partial charge in [0.1, 0.15) is 0 Å². The first-order valence-electron chi connectivity index (χ1n) is 5.70. The molecule has 1 saturated heterocycles. The summed E-state index contributed by atoms with van der Waals surface area (Å²) >= 11 is 5.93. The van der Waals surface area contributed by atoms with Gasteiger partial charge in [0, 0.05) is 23.8 Å². The van der Waals surface area contributed by atoms with Crippen LogP contribution in [0.4, 0.5) is 5.69 Å². The van der Waals surface area contributed by atoms with Crippen LogP contribution in [0.25, 0.3) is 0 Å². The minimum Gasteiger partial charge on any atom is -0.469 e. The molecule has 0 saturated carbocycles. The van der Waals surface area contributed by atoms with Gasteiger partial charge in [-0.3, -0.25) is 4.79 Å². The van der Waals surface area contributed by atoms with Gasteiger partial charge in [-0.15, -0.1) is 0 Å². The zero-order valence-corrected chi connectivity index (χ0v) is 10.8. The zero-order valence-electron chi connectivity index (χ0n) is 10.1. The third kappa shape index (κ3) is 2.55. The molecular weight excluding hydrogens is 238 g/mol. The van der Waals surface area contributed by atoms with Crippen molar-refractivity contribution in [3.8, 4) is 0 Å². The Kier molecular flexibility index (Phi) is 3.57. The quantitative estimate of drug-likeness (QED) is 0.759. The fraction of sp³-hybridized carbons (Fsp3) is 0.462. The van der Waals surface area contributed by atoms with Crippen molar-refractivity contribution in [1.82, 2.24) is 0 Å². The average Bonchev–Trinajstić information content (AvgIpc) is 2.77. The second-order valence-electron chi connectivity index (χ2n) is 4.39. The first kappa shape index (κ1) is 12.2. The standard InChI is InChI=1S/C13H16ClNO2/c1-9-7-11(14)3-4-12(9)15-6-5-10(8-15)13(16)17-2/h3-4,7,10H,5-6,8H2,1-2H3. The molecule has 0 aliphatic carbocycles. The summed E-state index contributed by atoms with van der Waals surface area (Å²) in [6.07, 6.45) is 0.856. The van der Waals surface area contributed by atoms with Gasteiger partial charge in [0.15, 0.2) is 0 Å². The number of hydrogen-bond acceptors (Lipinski definition) is 3. The number of esters is 1. The van der Waals surface area contributed by atoms with Crippen LogP contribution in [0.3, 0.4) is 0 Å².